The topological polar surface area (TPSA) is 85.0 Å². The molecule has 0 aliphatic heterocycles. The molecule has 2 aromatic heterocycles. The van der Waals surface area contributed by atoms with Crippen molar-refractivity contribution in [2.45, 2.75) is 56.8 Å². The first-order valence-electron chi connectivity index (χ1n) is 8.56. The SMILES string of the molecule is CCn1cc(NC(=O)c2csc(C3CC3NC3CC(N)C3)c2)cn1. The van der Waals surface area contributed by atoms with Crippen molar-refractivity contribution in [2.24, 2.45) is 5.73 Å². The first-order valence-corrected chi connectivity index (χ1v) is 9.44. The molecule has 0 aromatic carbocycles. The Kier molecular flexibility index (Phi) is 4.15. The molecule has 24 heavy (non-hydrogen) atoms. The van der Waals surface area contributed by atoms with Gasteiger partial charge in [-0.25, -0.2) is 0 Å². The number of hydrogen-bond donors (Lipinski definition) is 3. The summed E-state index contributed by atoms with van der Waals surface area (Å²) in [4.78, 5) is 13.6. The predicted molar refractivity (Wildman–Crippen MR) is 95.5 cm³/mol. The minimum absolute atomic E-state index is 0.0664. The summed E-state index contributed by atoms with van der Waals surface area (Å²) in [6.07, 6.45) is 6.87. The maximum absolute atomic E-state index is 12.3. The van der Waals surface area contributed by atoms with Crippen molar-refractivity contribution in [2.75, 3.05) is 5.32 Å². The van der Waals surface area contributed by atoms with E-state index in [1.54, 1.807) is 22.2 Å². The van der Waals surface area contributed by atoms with Crippen LogP contribution in [0.1, 0.15) is 47.3 Å². The molecule has 0 radical (unpaired) electrons. The summed E-state index contributed by atoms with van der Waals surface area (Å²) in [7, 11) is 0. The fourth-order valence-corrected chi connectivity index (χ4v) is 4.33. The smallest absolute Gasteiger partial charge is 0.256 e. The van der Waals surface area contributed by atoms with Crippen molar-refractivity contribution in [3.05, 3.63) is 34.3 Å². The molecule has 0 saturated heterocycles. The first-order chi connectivity index (χ1) is 11.6. The third-order valence-electron chi connectivity index (χ3n) is 4.88. The van der Waals surface area contributed by atoms with Gasteiger partial charge in [0.05, 0.1) is 17.4 Å². The van der Waals surface area contributed by atoms with Gasteiger partial charge in [0.15, 0.2) is 0 Å². The van der Waals surface area contributed by atoms with E-state index >= 15 is 0 Å². The van der Waals surface area contributed by atoms with Crippen LogP contribution in [0.4, 0.5) is 5.69 Å². The van der Waals surface area contributed by atoms with E-state index in [9.17, 15) is 4.79 Å². The molecular weight excluding hydrogens is 322 g/mol. The minimum Gasteiger partial charge on any atom is -0.328 e. The Labute approximate surface area is 145 Å². The van der Waals surface area contributed by atoms with E-state index in [-0.39, 0.29) is 5.91 Å². The zero-order valence-electron chi connectivity index (χ0n) is 13.7. The van der Waals surface area contributed by atoms with Gasteiger partial charge in [-0.15, -0.1) is 11.3 Å². The Morgan fingerprint density at radius 3 is 3.00 bits per heavy atom. The molecule has 1 amide bonds. The van der Waals surface area contributed by atoms with Crippen LogP contribution in [0.2, 0.25) is 0 Å². The van der Waals surface area contributed by atoms with Crippen LogP contribution in [0.15, 0.2) is 23.8 Å². The number of amides is 1. The van der Waals surface area contributed by atoms with Gasteiger partial charge in [-0.1, -0.05) is 0 Å². The number of anilines is 1. The Morgan fingerprint density at radius 2 is 2.29 bits per heavy atom. The Balaban J connectivity index is 1.32. The molecule has 0 spiro atoms. The molecule has 6 nitrogen and oxygen atoms in total. The Hall–Kier alpha value is -1.70. The number of thiophene rings is 1. The average molecular weight is 345 g/mol. The number of nitrogens with one attached hydrogen (secondary N) is 2. The van der Waals surface area contributed by atoms with E-state index in [2.05, 4.69) is 15.7 Å². The van der Waals surface area contributed by atoms with Crippen molar-refractivity contribution in [1.82, 2.24) is 15.1 Å². The molecule has 4 rings (SSSR count). The maximum Gasteiger partial charge on any atom is 0.256 e. The van der Waals surface area contributed by atoms with Gasteiger partial charge in [-0.2, -0.15) is 5.10 Å². The Bertz CT molecular complexity index is 733. The van der Waals surface area contributed by atoms with Crippen LogP contribution in [-0.4, -0.2) is 33.8 Å². The Morgan fingerprint density at radius 1 is 1.46 bits per heavy atom. The summed E-state index contributed by atoms with van der Waals surface area (Å²) < 4.78 is 1.79. The molecule has 2 aromatic rings. The second kappa shape index (κ2) is 6.31. The number of nitrogens with zero attached hydrogens (tertiary/aromatic N) is 2. The highest BCUT2D eigenvalue weighted by Gasteiger charge is 2.42. The number of rotatable bonds is 6. The third-order valence-corrected chi connectivity index (χ3v) is 5.94. The summed E-state index contributed by atoms with van der Waals surface area (Å²) in [5.41, 5.74) is 7.30. The first kappa shape index (κ1) is 15.8. The van der Waals surface area contributed by atoms with Crippen LogP contribution in [0.25, 0.3) is 0 Å². The highest BCUT2D eigenvalue weighted by atomic mass is 32.1. The van der Waals surface area contributed by atoms with Crippen LogP contribution < -0.4 is 16.4 Å². The van der Waals surface area contributed by atoms with Gasteiger partial charge >= 0.3 is 0 Å². The largest absolute Gasteiger partial charge is 0.328 e. The molecule has 2 atom stereocenters. The van der Waals surface area contributed by atoms with Crippen molar-refractivity contribution >= 4 is 22.9 Å². The molecule has 128 valence electrons. The number of carbonyl (C=O) groups excluding carboxylic acids is 1. The van der Waals surface area contributed by atoms with Gasteiger partial charge in [-0.3, -0.25) is 9.48 Å². The lowest BCUT2D eigenvalue weighted by Crippen LogP contribution is -2.49. The van der Waals surface area contributed by atoms with E-state index in [0.29, 0.717) is 24.0 Å². The number of aryl methyl sites for hydroxylation is 1. The predicted octanol–water partition coefficient (Wildman–Crippen LogP) is 2.15. The van der Waals surface area contributed by atoms with E-state index in [1.807, 2.05) is 24.6 Å². The third kappa shape index (κ3) is 3.24. The highest BCUT2D eigenvalue weighted by molar-refractivity contribution is 7.10. The number of carbonyl (C=O) groups is 1. The normalized spacial score (nSPS) is 28.4. The summed E-state index contributed by atoms with van der Waals surface area (Å²) >= 11 is 1.68. The number of aromatic nitrogens is 2. The van der Waals surface area contributed by atoms with Crippen molar-refractivity contribution in [3.8, 4) is 0 Å². The van der Waals surface area contributed by atoms with Crippen LogP contribution in [0.3, 0.4) is 0 Å². The van der Waals surface area contributed by atoms with Crippen molar-refractivity contribution in [3.63, 3.8) is 0 Å². The monoisotopic (exact) mass is 345 g/mol. The lowest BCUT2D eigenvalue weighted by molar-refractivity contribution is 0.102. The molecule has 2 fully saturated rings. The summed E-state index contributed by atoms with van der Waals surface area (Å²) in [5.74, 6) is 0.486. The molecule has 7 heteroatoms. The zero-order chi connectivity index (χ0) is 16.7. The number of nitrogens with two attached hydrogens (primary N) is 1. The molecule has 2 heterocycles. The average Bonchev–Trinajstić information content (AvgIpc) is 2.97. The quantitative estimate of drug-likeness (QED) is 0.749. The molecule has 2 unspecified atom stereocenters. The minimum atomic E-state index is -0.0664. The maximum atomic E-state index is 12.3. The standard InChI is InChI=1S/C17H23N5OS/c1-2-22-8-13(7-19-22)21-17(23)10-3-16(24-9-10)14-6-15(14)20-12-4-11(18)5-12/h3,7-9,11-12,14-15,20H,2,4-6,18H2,1H3,(H,21,23). The van der Waals surface area contributed by atoms with Gasteiger partial charge in [0, 0.05) is 47.0 Å². The molecule has 0 bridgehead atoms. The molecular formula is C17H23N5OS. The van der Waals surface area contributed by atoms with E-state index in [4.69, 9.17) is 5.73 Å². The van der Waals surface area contributed by atoms with Gasteiger partial charge in [0.2, 0.25) is 0 Å². The van der Waals surface area contributed by atoms with Gasteiger partial charge in [0.1, 0.15) is 0 Å². The molecule has 4 N–H and O–H groups in total. The summed E-state index contributed by atoms with van der Waals surface area (Å²) in [5, 5.41) is 12.7. The fourth-order valence-electron chi connectivity index (χ4n) is 3.26. The van der Waals surface area contributed by atoms with Gasteiger partial charge in [-0.05, 0) is 32.3 Å². The van der Waals surface area contributed by atoms with E-state index in [1.165, 1.54) is 4.88 Å². The summed E-state index contributed by atoms with van der Waals surface area (Å²) in [6.45, 7) is 2.81. The van der Waals surface area contributed by atoms with Crippen molar-refractivity contribution in [1.29, 1.82) is 0 Å². The van der Waals surface area contributed by atoms with Gasteiger partial charge < -0.3 is 16.4 Å². The molecule has 2 aliphatic carbocycles. The molecule has 2 aliphatic rings. The summed E-state index contributed by atoms with van der Waals surface area (Å²) in [6, 6.07) is 3.56. The fraction of sp³-hybridized carbons (Fsp3) is 0.529. The van der Waals surface area contributed by atoms with Crippen LogP contribution >= 0.6 is 11.3 Å². The van der Waals surface area contributed by atoms with Crippen LogP contribution in [0.5, 0.6) is 0 Å². The molecule has 2 saturated carbocycles. The lowest BCUT2D eigenvalue weighted by atomic mass is 9.87. The number of hydrogen-bond acceptors (Lipinski definition) is 5. The zero-order valence-corrected chi connectivity index (χ0v) is 14.6. The van der Waals surface area contributed by atoms with Crippen LogP contribution in [0, 0.1) is 0 Å². The second-order valence-corrected chi connectivity index (χ2v) is 7.76. The van der Waals surface area contributed by atoms with Crippen LogP contribution in [-0.2, 0) is 6.54 Å². The highest BCUT2D eigenvalue weighted by Crippen LogP contribution is 2.44. The second-order valence-electron chi connectivity index (χ2n) is 6.82. The van der Waals surface area contributed by atoms with E-state index < -0.39 is 0 Å². The lowest BCUT2D eigenvalue weighted by Gasteiger charge is -2.33. The van der Waals surface area contributed by atoms with Gasteiger partial charge in [0.25, 0.3) is 5.91 Å². The van der Waals surface area contributed by atoms with Crippen molar-refractivity contribution < 1.29 is 4.79 Å². The van der Waals surface area contributed by atoms with E-state index in [0.717, 1.165) is 37.1 Å².